The monoisotopic (exact) mass is 363 g/mol. The predicted molar refractivity (Wildman–Crippen MR) is 103 cm³/mol. The standard InChI is InChI=1S/C21H21N3O3/c25-19-17(18-16-9-5-4-8-15(16)10-12-22-18)20(26)24(21(27)23-19)13-11-14-6-2-1-3-7-14/h1-9,18,22,26H,10-13H2,(H,23,25,27)/t18-/m1/s1. The number of nitrogens with one attached hydrogen (secondary N) is 2. The Balaban J connectivity index is 1.74. The van der Waals surface area contributed by atoms with Gasteiger partial charge in [-0.2, -0.15) is 0 Å². The molecule has 1 aliphatic heterocycles. The fourth-order valence-electron chi connectivity index (χ4n) is 3.69. The van der Waals surface area contributed by atoms with Gasteiger partial charge in [0, 0.05) is 13.1 Å². The molecule has 0 saturated heterocycles. The summed E-state index contributed by atoms with van der Waals surface area (Å²) in [6, 6.07) is 17.1. The zero-order chi connectivity index (χ0) is 18.8. The van der Waals surface area contributed by atoms with Crippen LogP contribution in [-0.2, 0) is 19.4 Å². The largest absolute Gasteiger partial charge is 0.494 e. The van der Waals surface area contributed by atoms with Gasteiger partial charge in [-0.3, -0.25) is 14.3 Å². The molecule has 2 heterocycles. The number of aromatic nitrogens is 2. The number of aryl methyl sites for hydroxylation is 1. The van der Waals surface area contributed by atoms with Crippen molar-refractivity contribution in [3.63, 3.8) is 0 Å². The minimum Gasteiger partial charge on any atom is -0.494 e. The highest BCUT2D eigenvalue weighted by atomic mass is 16.3. The highest BCUT2D eigenvalue weighted by molar-refractivity contribution is 5.42. The van der Waals surface area contributed by atoms with E-state index in [1.807, 2.05) is 54.6 Å². The number of benzene rings is 2. The molecule has 0 saturated carbocycles. The molecule has 0 fully saturated rings. The normalized spacial score (nSPS) is 16.1. The van der Waals surface area contributed by atoms with Crippen molar-refractivity contribution in [2.24, 2.45) is 0 Å². The molecule has 138 valence electrons. The summed E-state index contributed by atoms with van der Waals surface area (Å²) >= 11 is 0. The van der Waals surface area contributed by atoms with Crippen LogP contribution in [0.3, 0.4) is 0 Å². The van der Waals surface area contributed by atoms with Gasteiger partial charge in [0.1, 0.15) is 0 Å². The molecule has 1 atom stereocenters. The molecular formula is C21H21N3O3. The Morgan fingerprint density at radius 1 is 1.04 bits per heavy atom. The SMILES string of the molecule is O=c1[nH]c(=O)n(CCc2ccccc2)c(O)c1[C@@H]1NCCc2ccccc21. The van der Waals surface area contributed by atoms with E-state index in [4.69, 9.17) is 0 Å². The summed E-state index contributed by atoms with van der Waals surface area (Å²) in [6.45, 7) is 0.983. The molecule has 27 heavy (non-hydrogen) atoms. The van der Waals surface area contributed by atoms with E-state index >= 15 is 0 Å². The van der Waals surface area contributed by atoms with Crippen LogP contribution in [-0.4, -0.2) is 21.2 Å². The lowest BCUT2D eigenvalue weighted by atomic mass is 9.90. The van der Waals surface area contributed by atoms with Crippen LogP contribution >= 0.6 is 0 Å². The quantitative estimate of drug-likeness (QED) is 0.659. The predicted octanol–water partition coefficient (Wildman–Crippen LogP) is 1.72. The molecule has 4 rings (SSSR count). The average Bonchev–Trinajstić information content (AvgIpc) is 2.68. The van der Waals surface area contributed by atoms with Crippen molar-refractivity contribution in [3.05, 3.63) is 97.7 Å². The lowest BCUT2D eigenvalue weighted by Gasteiger charge is -2.27. The minimum absolute atomic E-state index is 0.190. The van der Waals surface area contributed by atoms with Crippen LogP contribution in [0.2, 0.25) is 0 Å². The molecule has 0 amide bonds. The van der Waals surface area contributed by atoms with Gasteiger partial charge >= 0.3 is 5.69 Å². The lowest BCUT2D eigenvalue weighted by Crippen LogP contribution is -2.39. The second kappa shape index (κ2) is 7.25. The number of aromatic hydroxyl groups is 1. The number of aromatic amines is 1. The molecule has 0 bridgehead atoms. The van der Waals surface area contributed by atoms with Gasteiger partial charge < -0.3 is 10.4 Å². The molecule has 0 spiro atoms. The van der Waals surface area contributed by atoms with Crippen molar-refractivity contribution in [1.82, 2.24) is 14.9 Å². The molecular weight excluding hydrogens is 342 g/mol. The van der Waals surface area contributed by atoms with Crippen molar-refractivity contribution in [1.29, 1.82) is 0 Å². The Kier molecular flexibility index (Phi) is 4.64. The minimum atomic E-state index is -0.596. The lowest BCUT2D eigenvalue weighted by molar-refractivity contribution is 0.383. The number of fused-ring (bicyclic) bond motifs is 1. The first-order valence-electron chi connectivity index (χ1n) is 9.06. The van der Waals surface area contributed by atoms with E-state index in [-0.39, 0.29) is 18.0 Å². The van der Waals surface area contributed by atoms with Gasteiger partial charge in [-0.05, 0) is 29.5 Å². The maximum atomic E-state index is 12.5. The Morgan fingerprint density at radius 3 is 2.59 bits per heavy atom. The van der Waals surface area contributed by atoms with Crippen LogP contribution in [0.4, 0.5) is 0 Å². The van der Waals surface area contributed by atoms with Crippen molar-refractivity contribution in [2.45, 2.75) is 25.4 Å². The van der Waals surface area contributed by atoms with E-state index in [0.717, 1.165) is 23.1 Å². The van der Waals surface area contributed by atoms with Crippen LogP contribution in [0.5, 0.6) is 5.88 Å². The molecule has 6 nitrogen and oxygen atoms in total. The molecule has 1 aliphatic rings. The zero-order valence-corrected chi connectivity index (χ0v) is 14.8. The topological polar surface area (TPSA) is 87.1 Å². The van der Waals surface area contributed by atoms with Crippen molar-refractivity contribution in [3.8, 4) is 5.88 Å². The first-order chi connectivity index (χ1) is 13.1. The van der Waals surface area contributed by atoms with Crippen LogP contribution in [0.15, 0.2) is 64.2 Å². The molecule has 0 unspecified atom stereocenters. The van der Waals surface area contributed by atoms with Crippen molar-refractivity contribution >= 4 is 0 Å². The maximum Gasteiger partial charge on any atom is 0.331 e. The summed E-state index contributed by atoms with van der Waals surface area (Å²) < 4.78 is 1.24. The Bertz CT molecular complexity index is 1070. The van der Waals surface area contributed by atoms with Crippen molar-refractivity contribution < 1.29 is 5.11 Å². The highest BCUT2D eigenvalue weighted by Gasteiger charge is 2.28. The fourth-order valence-corrected chi connectivity index (χ4v) is 3.69. The van der Waals surface area contributed by atoms with Crippen LogP contribution in [0, 0.1) is 0 Å². The van der Waals surface area contributed by atoms with E-state index in [1.165, 1.54) is 4.57 Å². The van der Waals surface area contributed by atoms with E-state index in [2.05, 4.69) is 10.3 Å². The van der Waals surface area contributed by atoms with Crippen LogP contribution in [0.25, 0.3) is 0 Å². The third-order valence-electron chi connectivity index (χ3n) is 5.07. The maximum absolute atomic E-state index is 12.5. The van der Waals surface area contributed by atoms with E-state index in [1.54, 1.807) is 0 Å². The third-order valence-corrected chi connectivity index (χ3v) is 5.07. The summed E-state index contributed by atoms with van der Waals surface area (Å²) in [7, 11) is 0. The summed E-state index contributed by atoms with van der Waals surface area (Å²) in [5.74, 6) is -0.270. The number of H-pyrrole nitrogens is 1. The van der Waals surface area contributed by atoms with E-state index in [0.29, 0.717) is 13.0 Å². The van der Waals surface area contributed by atoms with Gasteiger partial charge in [-0.25, -0.2) is 4.79 Å². The van der Waals surface area contributed by atoms with Gasteiger partial charge in [0.05, 0.1) is 11.6 Å². The summed E-state index contributed by atoms with van der Waals surface area (Å²) in [4.78, 5) is 27.2. The smallest absolute Gasteiger partial charge is 0.331 e. The fraction of sp³-hybridized carbons (Fsp3) is 0.238. The molecule has 1 aromatic heterocycles. The Hall–Kier alpha value is -3.12. The third kappa shape index (κ3) is 3.31. The summed E-state index contributed by atoms with van der Waals surface area (Å²) in [5.41, 5.74) is 2.19. The molecule has 3 aromatic rings. The first-order valence-corrected chi connectivity index (χ1v) is 9.06. The Morgan fingerprint density at radius 2 is 1.78 bits per heavy atom. The number of hydrogen-bond acceptors (Lipinski definition) is 4. The van der Waals surface area contributed by atoms with Gasteiger partial charge in [-0.1, -0.05) is 54.6 Å². The molecule has 0 radical (unpaired) electrons. The number of nitrogens with zero attached hydrogens (tertiary/aromatic N) is 1. The van der Waals surface area contributed by atoms with Crippen LogP contribution < -0.4 is 16.6 Å². The van der Waals surface area contributed by atoms with E-state index in [9.17, 15) is 14.7 Å². The number of rotatable bonds is 4. The molecule has 6 heteroatoms. The first kappa shape index (κ1) is 17.3. The van der Waals surface area contributed by atoms with Gasteiger partial charge in [0.25, 0.3) is 5.56 Å². The van der Waals surface area contributed by atoms with E-state index < -0.39 is 17.3 Å². The molecule has 0 aliphatic carbocycles. The van der Waals surface area contributed by atoms with Crippen molar-refractivity contribution in [2.75, 3.05) is 6.54 Å². The number of hydrogen-bond donors (Lipinski definition) is 3. The zero-order valence-electron chi connectivity index (χ0n) is 14.8. The second-order valence-corrected chi connectivity index (χ2v) is 6.72. The Labute approximate surface area is 156 Å². The summed E-state index contributed by atoms with van der Waals surface area (Å²) in [5, 5.41) is 14.1. The van der Waals surface area contributed by atoms with Gasteiger partial charge in [0.15, 0.2) is 0 Å². The highest BCUT2D eigenvalue weighted by Crippen LogP contribution is 2.30. The molecule has 2 aromatic carbocycles. The molecule has 3 N–H and O–H groups in total. The van der Waals surface area contributed by atoms with Crippen LogP contribution in [0.1, 0.15) is 28.3 Å². The average molecular weight is 363 g/mol. The van der Waals surface area contributed by atoms with Gasteiger partial charge in [0.2, 0.25) is 5.88 Å². The van der Waals surface area contributed by atoms with Gasteiger partial charge in [-0.15, -0.1) is 0 Å². The second-order valence-electron chi connectivity index (χ2n) is 6.72. The summed E-state index contributed by atoms with van der Waals surface area (Å²) in [6.07, 6.45) is 1.44.